The van der Waals surface area contributed by atoms with E-state index in [1.54, 1.807) is 6.08 Å². The summed E-state index contributed by atoms with van der Waals surface area (Å²) in [6, 6.07) is -0.811. The van der Waals surface area contributed by atoms with Crippen LogP contribution in [-0.2, 0) is 14.3 Å². The van der Waals surface area contributed by atoms with E-state index in [0.29, 0.717) is 6.42 Å². The molecule has 0 bridgehead atoms. The number of rotatable bonds is 45. The van der Waals surface area contributed by atoms with Crippen LogP contribution in [0.2, 0.25) is 0 Å². The summed E-state index contributed by atoms with van der Waals surface area (Å²) in [5, 5.41) is 54.3. The molecule has 7 atom stereocenters. The average Bonchev–Trinajstić information content (AvgIpc) is 3.28. The van der Waals surface area contributed by atoms with Crippen LogP contribution >= 0.6 is 0 Å². The van der Waals surface area contributed by atoms with Crippen molar-refractivity contribution in [2.45, 2.75) is 288 Å². The number of carbonyl (C=O) groups is 1. The van der Waals surface area contributed by atoms with Crippen molar-refractivity contribution in [3.63, 3.8) is 0 Å². The molecular weight excluding hydrogens is 791 g/mol. The Morgan fingerprint density at radius 1 is 0.540 bits per heavy atom. The van der Waals surface area contributed by atoms with Crippen molar-refractivity contribution in [1.82, 2.24) is 5.32 Å². The third-order valence-corrected chi connectivity index (χ3v) is 12.7. The highest BCUT2D eigenvalue weighted by atomic mass is 16.7. The van der Waals surface area contributed by atoms with Gasteiger partial charge >= 0.3 is 0 Å². The molecule has 0 aromatic heterocycles. The lowest BCUT2D eigenvalue weighted by atomic mass is 9.99. The monoisotopic (exact) mass is 892 g/mol. The summed E-state index contributed by atoms with van der Waals surface area (Å²) >= 11 is 0. The van der Waals surface area contributed by atoms with Gasteiger partial charge in [0.2, 0.25) is 5.91 Å². The van der Waals surface area contributed by atoms with Crippen LogP contribution in [0.4, 0.5) is 0 Å². The molecule has 7 unspecified atom stereocenters. The molecule has 0 aromatic rings. The maximum Gasteiger partial charge on any atom is 0.220 e. The summed E-state index contributed by atoms with van der Waals surface area (Å²) in [4.78, 5) is 13.0. The third kappa shape index (κ3) is 34.4. The van der Waals surface area contributed by atoms with Gasteiger partial charge in [-0.3, -0.25) is 4.79 Å². The van der Waals surface area contributed by atoms with Gasteiger partial charge < -0.3 is 40.3 Å². The van der Waals surface area contributed by atoms with Gasteiger partial charge in [-0.15, -0.1) is 0 Å². The van der Waals surface area contributed by atoms with E-state index in [9.17, 15) is 30.3 Å². The van der Waals surface area contributed by atoms with E-state index in [2.05, 4.69) is 43.5 Å². The Bertz CT molecular complexity index is 1080. The van der Waals surface area contributed by atoms with Crippen molar-refractivity contribution in [2.24, 2.45) is 0 Å². The van der Waals surface area contributed by atoms with E-state index >= 15 is 0 Å². The number of amides is 1. The van der Waals surface area contributed by atoms with Crippen LogP contribution in [0, 0.1) is 0 Å². The summed E-state index contributed by atoms with van der Waals surface area (Å²) in [6.07, 6.45) is 49.3. The molecule has 9 nitrogen and oxygen atoms in total. The maximum atomic E-state index is 13.0. The van der Waals surface area contributed by atoms with E-state index < -0.39 is 49.5 Å². The molecule has 370 valence electrons. The lowest BCUT2D eigenvalue weighted by molar-refractivity contribution is -0.302. The minimum atomic E-state index is -1.57. The van der Waals surface area contributed by atoms with E-state index in [-0.39, 0.29) is 12.5 Å². The first-order valence-electron chi connectivity index (χ1n) is 26.7. The van der Waals surface area contributed by atoms with Crippen LogP contribution in [0.25, 0.3) is 0 Å². The fourth-order valence-electron chi connectivity index (χ4n) is 8.43. The molecule has 1 fully saturated rings. The highest BCUT2D eigenvalue weighted by Crippen LogP contribution is 2.23. The van der Waals surface area contributed by atoms with Crippen molar-refractivity contribution in [3.05, 3.63) is 36.5 Å². The molecule has 0 aliphatic carbocycles. The van der Waals surface area contributed by atoms with E-state index in [1.165, 1.54) is 154 Å². The van der Waals surface area contributed by atoms with Crippen LogP contribution in [0.1, 0.15) is 245 Å². The zero-order chi connectivity index (χ0) is 45.9. The Kier molecular flexibility index (Phi) is 41.7. The Hall–Kier alpha value is -1.59. The largest absolute Gasteiger partial charge is 0.394 e. The third-order valence-electron chi connectivity index (χ3n) is 12.7. The predicted octanol–water partition coefficient (Wildman–Crippen LogP) is 12.4. The second-order valence-corrected chi connectivity index (χ2v) is 18.7. The number of unbranched alkanes of at least 4 members (excludes halogenated alkanes) is 31. The normalized spacial score (nSPS) is 20.4. The van der Waals surface area contributed by atoms with E-state index in [1.807, 2.05) is 6.08 Å². The maximum absolute atomic E-state index is 13.0. The van der Waals surface area contributed by atoms with Gasteiger partial charge in [0, 0.05) is 6.42 Å². The summed E-state index contributed by atoms with van der Waals surface area (Å²) in [5.74, 6) is -0.191. The van der Waals surface area contributed by atoms with Gasteiger partial charge in [0.05, 0.1) is 25.4 Å². The molecule has 1 aliphatic heterocycles. The topological polar surface area (TPSA) is 149 Å². The van der Waals surface area contributed by atoms with Gasteiger partial charge in [-0.2, -0.15) is 0 Å². The zero-order valence-corrected chi connectivity index (χ0v) is 40.8. The number of aliphatic hydroxyl groups is 5. The molecule has 0 aromatic carbocycles. The molecule has 63 heavy (non-hydrogen) atoms. The van der Waals surface area contributed by atoms with Crippen molar-refractivity contribution in [3.8, 4) is 0 Å². The molecule has 1 rings (SSSR count). The summed E-state index contributed by atoms with van der Waals surface area (Å²) in [5.41, 5.74) is 0. The van der Waals surface area contributed by atoms with Crippen LogP contribution in [0.15, 0.2) is 36.5 Å². The van der Waals surface area contributed by atoms with Crippen LogP contribution in [-0.4, -0.2) is 87.5 Å². The second-order valence-electron chi connectivity index (χ2n) is 18.7. The first kappa shape index (κ1) is 59.4. The van der Waals surface area contributed by atoms with E-state index in [0.717, 1.165) is 70.6 Å². The lowest BCUT2D eigenvalue weighted by Gasteiger charge is -2.40. The fraction of sp³-hybridized carbons (Fsp3) is 0.870. The van der Waals surface area contributed by atoms with Crippen molar-refractivity contribution < 1.29 is 39.8 Å². The molecule has 1 amide bonds. The number of ether oxygens (including phenoxy) is 2. The quantitative estimate of drug-likeness (QED) is 0.0261. The van der Waals surface area contributed by atoms with Crippen molar-refractivity contribution in [1.29, 1.82) is 0 Å². The van der Waals surface area contributed by atoms with E-state index in [4.69, 9.17) is 9.47 Å². The molecular formula is C54H101NO8. The molecule has 1 aliphatic rings. The lowest BCUT2D eigenvalue weighted by Crippen LogP contribution is -2.60. The Morgan fingerprint density at radius 3 is 1.43 bits per heavy atom. The SMILES string of the molecule is CCC/C=C\C/C=C\CCCCCCCC(=O)NC(COC1OC(CO)C(O)C(O)C1O)C(O)/C=C/CCCCCCCCCCCCCCCCCCCCCCCCCCC. The number of allylic oxidation sites excluding steroid dienone is 5. The molecule has 9 heteroatoms. The standard InChI is InChI=1S/C54H101NO8/c1-3-5-7-9-11-13-15-17-18-19-20-21-22-23-24-25-26-27-28-29-30-32-33-35-37-39-41-43-48(57)47(46-62-54-53(61)52(60)51(59)49(45-56)63-54)55-50(58)44-42-40-38-36-34-31-16-14-12-10-8-6-4-2/h8,10,14,16,41,43,47-49,51-54,56-57,59-61H,3-7,9,11-13,15,17-40,42,44-46H2,1-2H3,(H,55,58)/b10-8-,16-14-,43-41+. The number of nitrogens with one attached hydrogen (secondary N) is 1. The zero-order valence-electron chi connectivity index (χ0n) is 40.8. The minimum absolute atomic E-state index is 0.191. The average molecular weight is 892 g/mol. The number of aliphatic hydroxyl groups excluding tert-OH is 5. The first-order valence-corrected chi connectivity index (χ1v) is 26.7. The molecule has 0 radical (unpaired) electrons. The molecule has 6 N–H and O–H groups in total. The number of hydrogen-bond acceptors (Lipinski definition) is 8. The molecule has 1 saturated heterocycles. The van der Waals surface area contributed by atoms with Gasteiger partial charge in [0.25, 0.3) is 0 Å². The Morgan fingerprint density at radius 2 is 0.968 bits per heavy atom. The van der Waals surface area contributed by atoms with Gasteiger partial charge in [0.15, 0.2) is 6.29 Å². The molecule has 0 spiro atoms. The fourth-order valence-corrected chi connectivity index (χ4v) is 8.43. The number of hydrogen-bond donors (Lipinski definition) is 6. The molecule has 0 saturated carbocycles. The van der Waals surface area contributed by atoms with Crippen LogP contribution in [0.5, 0.6) is 0 Å². The Balaban J connectivity index is 2.21. The predicted molar refractivity (Wildman–Crippen MR) is 263 cm³/mol. The molecule has 1 heterocycles. The first-order chi connectivity index (χ1) is 30.8. The Labute approximate surface area is 387 Å². The van der Waals surface area contributed by atoms with Gasteiger partial charge in [0.1, 0.15) is 24.4 Å². The summed E-state index contributed by atoms with van der Waals surface area (Å²) in [7, 11) is 0. The minimum Gasteiger partial charge on any atom is -0.394 e. The summed E-state index contributed by atoms with van der Waals surface area (Å²) in [6.45, 7) is 3.72. The van der Waals surface area contributed by atoms with Crippen LogP contribution in [0.3, 0.4) is 0 Å². The summed E-state index contributed by atoms with van der Waals surface area (Å²) < 4.78 is 11.2. The second kappa shape index (κ2) is 44.3. The van der Waals surface area contributed by atoms with Gasteiger partial charge in [-0.05, 0) is 44.9 Å². The van der Waals surface area contributed by atoms with Crippen LogP contribution < -0.4 is 5.32 Å². The van der Waals surface area contributed by atoms with Crippen molar-refractivity contribution in [2.75, 3.05) is 13.2 Å². The highest BCUT2D eigenvalue weighted by molar-refractivity contribution is 5.76. The van der Waals surface area contributed by atoms with Gasteiger partial charge in [-0.25, -0.2) is 0 Å². The van der Waals surface area contributed by atoms with Gasteiger partial charge in [-0.1, -0.05) is 230 Å². The smallest absolute Gasteiger partial charge is 0.220 e. The highest BCUT2D eigenvalue weighted by Gasteiger charge is 2.44. The number of carbonyl (C=O) groups excluding carboxylic acids is 1. The van der Waals surface area contributed by atoms with Crippen molar-refractivity contribution >= 4 is 5.91 Å².